The van der Waals surface area contributed by atoms with E-state index in [-0.39, 0.29) is 12.5 Å². The number of nitrogens with zero attached hydrogens (tertiary/aromatic N) is 2. The van der Waals surface area contributed by atoms with Gasteiger partial charge >= 0.3 is 0 Å². The number of rotatable bonds is 8. The minimum atomic E-state index is -0.202. The molecule has 21 heavy (non-hydrogen) atoms. The molecule has 7 heteroatoms. The molecule has 0 unspecified atom stereocenters. The van der Waals surface area contributed by atoms with Gasteiger partial charge in [0, 0.05) is 13.5 Å². The Morgan fingerprint density at radius 3 is 2.86 bits per heavy atom. The van der Waals surface area contributed by atoms with E-state index in [9.17, 15) is 4.79 Å². The van der Waals surface area contributed by atoms with E-state index in [2.05, 4.69) is 15.5 Å². The van der Waals surface area contributed by atoms with Gasteiger partial charge < -0.3 is 9.47 Å². The summed E-state index contributed by atoms with van der Waals surface area (Å²) in [6.07, 6.45) is 7.57. The maximum absolute atomic E-state index is 11.6. The number of ether oxygens (including phenoxy) is 2. The van der Waals surface area contributed by atoms with Gasteiger partial charge in [-0.05, 0) is 5.92 Å². The average molecular weight is 313 g/mol. The van der Waals surface area contributed by atoms with Crippen LogP contribution in [0.4, 0.5) is 5.13 Å². The van der Waals surface area contributed by atoms with Crippen LogP contribution in [0.1, 0.15) is 37.1 Å². The molecule has 0 spiro atoms. The Morgan fingerprint density at radius 2 is 2.10 bits per heavy atom. The van der Waals surface area contributed by atoms with Crippen LogP contribution in [0.15, 0.2) is 0 Å². The predicted molar refractivity (Wildman–Crippen MR) is 81.5 cm³/mol. The molecule has 1 heterocycles. The van der Waals surface area contributed by atoms with Gasteiger partial charge in [0.15, 0.2) is 0 Å². The van der Waals surface area contributed by atoms with Crippen molar-refractivity contribution in [3.8, 4) is 0 Å². The van der Waals surface area contributed by atoms with Gasteiger partial charge in [0.1, 0.15) is 11.6 Å². The first-order chi connectivity index (χ1) is 10.3. The molecule has 0 bridgehead atoms. The van der Waals surface area contributed by atoms with Crippen molar-refractivity contribution in [1.82, 2.24) is 10.2 Å². The number of nitrogens with one attached hydrogen (secondary N) is 1. The lowest BCUT2D eigenvalue weighted by atomic mass is 9.87. The second-order valence-electron chi connectivity index (χ2n) is 5.30. The van der Waals surface area contributed by atoms with E-state index < -0.39 is 0 Å². The second-order valence-corrected chi connectivity index (χ2v) is 6.36. The summed E-state index contributed by atoms with van der Waals surface area (Å²) >= 11 is 1.46. The summed E-state index contributed by atoms with van der Waals surface area (Å²) in [4.78, 5) is 11.6. The third kappa shape index (κ3) is 6.07. The monoisotopic (exact) mass is 313 g/mol. The van der Waals surface area contributed by atoms with E-state index in [1.165, 1.54) is 43.4 Å². The highest BCUT2D eigenvalue weighted by molar-refractivity contribution is 7.15. The molecule has 2 rings (SSSR count). The molecule has 0 radical (unpaired) electrons. The average Bonchev–Trinajstić information content (AvgIpc) is 2.92. The summed E-state index contributed by atoms with van der Waals surface area (Å²) in [5, 5.41) is 12.5. The minimum absolute atomic E-state index is 0.0148. The van der Waals surface area contributed by atoms with Gasteiger partial charge in [-0.25, -0.2) is 0 Å². The molecular weight excluding hydrogens is 290 g/mol. The molecule has 1 aromatic heterocycles. The van der Waals surface area contributed by atoms with Gasteiger partial charge in [-0.1, -0.05) is 43.4 Å². The van der Waals surface area contributed by atoms with Crippen LogP contribution in [-0.4, -0.2) is 43.0 Å². The third-order valence-corrected chi connectivity index (χ3v) is 4.43. The lowest BCUT2D eigenvalue weighted by molar-refractivity contribution is -0.121. The van der Waals surface area contributed by atoms with Gasteiger partial charge in [-0.15, -0.1) is 10.2 Å². The molecule has 0 aliphatic heterocycles. The Balaban J connectivity index is 1.70. The number of amides is 1. The van der Waals surface area contributed by atoms with Crippen molar-refractivity contribution in [2.75, 3.05) is 32.2 Å². The molecule has 1 amide bonds. The van der Waals surface area contributed by atoms with E-state index in [0.29, 0.717) is 18.3 Å². The van der Waals surface area contributed by atoms with E-state index in [0.717, 1.165) is 17.3 Å². The molecule has 0 saturated heterocycles. The van der Waals surface area contributed by atoms with Gasteiger partial charge in [-0.3, -0.25) is 10.1 Å². The van der Waals surface area contributed by atoms with Crippen molar-refractivity contribution in [3.05, 3.63) is 5.01 Å². The summed E-state index contributed by atoms with van der Waals surface area (Å²) in [6.45, 7) is 0.908. The Kier molecular flexibility index (Phi) is 7.05. The second kappa shape index (κ2) is 9.07. The first-order valence-electron chi connectivity index (χ1n) is 7.47. The topological polar surface area (TPSA) is 73.3 Å². The van der Waals surface area contributed by atoms with Crippen LogP contribution in [0, 0.1) is 5.92 Å². The maximum atomic E-state index is 11.6. The fourth-order valence-electron chi connectivity index (χ4n) is 2.49. The number of carbonyl (C=O) groups is 1. The van der Waals surface area contributed by atoms with Gasteiger partial charge in [0.05, 0.1) is 13.2 Å². The fourth-order valence-corrected chi connectivity index (χ4v) is 3.36. The quantitative estimate of drug-likeness (QED) is 0.745. The highest BCUT2D eigenvalue weighted by atomic mass is 32.1. The number of methoxy groups -OCH3 is 1. The van der Waals surface area contributed by atoms with E-state index in [4.69, 9.17) is 9.47 Å². The standard InChI is InChI=1S/C14H23N3O3S/c1-19-7-8-20-10-12(18)15-14-17-16-13(21-14)9-11-5-3-2-4-6-11/h11H,2-10H2,1H3,(H,15,17,18). The lowest BCUT2D eigenvalue weighted by Crippen LogP contribution is -2.19. The first-order valence-corrected chi connectivity index (χ1v) is 8.28. The predicted octanol–water partition coefficient (Wildman–Crippen LogP) is 2.26. The largest absolute Gasteiger partial charge is 0.382 e. The van der Waals surface area contributed by atoms with Crippen LogP contribution in [0.3, 0.4) is 0 Å². The number of anilines is 1. The first kappa shape index (κ1) is 16.3. The number of carbonyl (C=O) groups excluding carboxylic acids is 1. The summed E-state index contributed by atoms with van der Waals surface area (Å²) < 4.78 is 10.00. The summed E-state index contributed by atoms with van der Waals surface area (Å²) in [5.74, 6) is 0.527. The maximum Gasteiger partial charge on any atom is 0.252 e. The summed E-state index contributed by atoms with van der Waals surface area (Å²) in [5.41, 5.74) is 0. The van der Waals surface area contributed by atoms with Crippen LogP contribution < -0.4 is 5.32 Å². The fraction of sp³-hybridized carbons (Fsp3) is 0.786. The van der Waals surface area contributed by atoms with Crippen molar-refractivity contribution in [2.24, 2.45) is 5.92 Å². The van der Waals surface area contributed by atoms with Crippen molar-refractivity contribution in [2.45, 2.75) is 38.5 Å². The van der Waals surface area contributed by atoms with Gasteiger partial charge in [0.25, 0.3) is 5.91 Å². The van der Waals surface area contributed by atoms with Crippen molar-refractivity contribution >= 4 is 22.4 Å². The van der Waals surface area contributed by atoms with Crippen LogP contribution in [0.25, 0.3) is 0 Å². The molecule has 1 N–H and O–H groups in total. The zero-order chi connectivity index (χ0) is 14.9. The van der Waals surface area contributed by atoms with Gasteiger partial charge in [-0.2, -0.15) is 0 Å². The van der Waals surface area contributed by atoms with Crippen LogP contribution >= 0.6 is 11.3 Å². The Labute approximate surface area is 129 Å². The molecule has 1 aliphatic rings. The third-order valence-electron chi connectivity index (χ3n) is 3.57. The number of aromatic nitrogens is 2. The summed E-state index contributed by atoms with van der Waals surface area (Å²) in [6, 6.07) is 0. The van der Waals surface area contributed by atoms with Gasteiger partial charge in [0.2, 0.25) is 5.13 Å². The zero-order valence-corrected chi connectivity index (χ0v) is 13.3. The molecule has 0 atom stereocenters. The van der Waals surface area contributed by atoms with Crippen molar-refractivity contribution < 1.29 is 14.3 Å². The van der Waals surface area contributed by atoms with E-state index in [1.807, 2.05) is 0 Å². The Bertz CT molecular complexity index is 433. The Morgan fingerprint density at radius 1 is 1.29 bits per heavy atom. The summed E-state index contributed by atoms with van der Waals surface area (Å²) in [7, 11) is 1.60. The molecule has 1 aromatic rings. The molecule has 1 fully saturated rings. The normalized spacial score (nSPS) is 16.0. The van der Waals surface area contributed by atoms with Crippen LogP contribution in [0.2, 0.25) is 0 Å². The zero-order valence-electron chi connectivity index (χ0n) is 12.5. The number of hydrogen-bond donors (Lipinski definition) is 1. The molecule has 1 saturated carbocycles. The molecule has 1 aliphatic carbocycles. The van der Waals surface area contributed by atoms with E-state index >= 15 is 0 Å². The molecule has 0 aromatic carbocycles. The van der Waals surface area contributed by atoms with Crippen molar-refractivity contribution in [1.29, 1.82) is 0 Å². The van der Waals surface area contributed by atoms with Crippen molar-refractivity contribution in [3.63, 3.8) is 0 Å². The molecule has 118 valence electrons. The van der Waals surface area contributed by atoms with Crippen LogP contribution in [0.5, 0.6) is 0 Å². The highest BCUT2D eigenvalue weighted by Gasteiger charge is 2.16. The van der Waals surface area contributed by atoms with Crippen LogP contribution in [-0.2, 0) is 20.7 Å². The molecular formula is C14H23N3O3S. The Hall–Kier alpha value is -1.05. The van der Waals surface area contributed by atoms with E-state index in [1.54, 1.807) is 7.11 Å². The molecule has 6 nitrogen and oxygen atoms in total. The highest BCUT2D eigenvalue weighted by Crippen LogP contribution is 2.28. The lowest BCUT2D eigenvalue weighted by Gasteiger charge is -2.19. The minimum Gasteiger partial charge on any atom is -0.382 e. The number of hydrogen-bond acceptors (Lipinski definition) is 6. The smallest absolute Gasteiger partial charge is 0.252 e. The SMILES string of the molecule is COCCOCC(=O)Nc1nnc(CC2CCCCC2)s1.